The summed E-state index contributed by atoms with van der Waals surface area (Å²) in [6.07, 6.45) is 0. The first kappa shape index (κ1) is 11.6. The van der Waals surface area contributed by atoms with Gasteiger partial charge in [-0.25, -0.2) is 4.39 Å². The van der Waals surface area contributed by atoms with Crippen LogP contribution in [-0.4, -0.2) is 12.2 Å². The number of ether oxygens (including phenoxy) is 1. The molecule has 2 aromatic rings. The molecule has 0 saturated heterocycles. The molecule has 0 spiro atoms. The Morgan fingerprint density at radius 1 is 1.12 bits per heavy atom. The van der Waals surface area contributed by atoms with Gasteiger partial charge in [-0.1, -0.05) is 18.2 Å². The highest BCUT2D eigenvalue weighted by Gasteiger charge is 2.05. The van der Waals surface area contributed by atoms with Crippen molar-refractivity contribution in [1.29, 1.82) is 0 Å². The van der Waals surface area contributed by atoms with Crippen molar-refractivity contribution in [2.45, 2.75) is 6.61 Å². The van der Waals surface area contributed by atoms with Gasteiger partial charge in [-0.15, -0.1) is 0 Å². The van der Waals surface area contributed by atoms with Gasteiger partial charge in [0.15, 0.2) is 0 Å². The van der Waals surface area contributed by atoms with Gasteiger partial charge in [0.25, 0.3) is 0 Å². The summed E-state index contributed by atoms with van der Waals surface area (Å²) in [5, 5.41) is 9.03. The van der Waals surface area contributed by atoms with Crippen molar-refractivity contribution >= 4 is 0 Å². The van der Waals surface area contributed by atoms with Crippen molar-refractivity contribution in [3.63, 3.8) is 0 Å². The van der Waals surface area contributed by atoms with E-state index in [-0.39, 0.29) is 12.4 Å². The Balaban J connectivity index is 2.45. The maximum Gasteiger partial charge on any atom is 0.128 e. The molecule has 0 saturated carbocycles. The van der Waals surface area contributed by atoms with Crippen LogP contribution in [-0.2, 0) is 6.61 Å². The zero-order valence-electron chi connectivity index (χ0n) is 9.48. The van der Waals surface area contributed by atoms with Crippen LogP contribution >= 0.6 is 0 Å². The van der Waals surface area contributed by atoms with Crippen LogP contribution in [0.2, 0.25) is 0 Å². The van der Waals surface area contributed by atoms with Crippen molar-refractivity contribution in [3.8, 4) is 16.9 Å². The number of aliphatic hydroxyl groups excluding tert-OH is 1. The summed E-state index contributed by atoms with van der Waals surface area (Å²) in [5.74, 6) is 0.358. The molecular weight excluding hydrogens is 219 g/mol. The van der Waals surface area contributed by atoms with Gasteiger partial charge < -0.3 is 9.84 Å². The summed E-state index contributed by atoms with van der Waals surface area (Å²) >= 11 is 0. The predicted octanol–water partition coefficient (Wildman–Crippen LogP) is 2.99. The molecule has 0 aliphatic rings. The minimum Gasteiger partial charge on any atom is -0.497 e. The van der Waals surface area contributed by atoms with E-state index in [0.717, 1.165) is 16.9 Å². The molecule has 0 aromatic heterocycles. The number of benzene rings is 2. The van der Waals surface area contributed by atoms with E-state index in [1.54, 1.807) is 19.2 Å². The number of methoxy groups -OCH3 is 1. The first-order valence-electron chi connectivity index (χ1n) is 5.28. The molecule has 0 unspecified atom stereocenters. The predicted molar refractivity (Wildman–Crippen MR) is 64.3 cm³/mol. The Morgan fingerprint density at radius 3 is 2.59 bits per heavy atom. The lowest BCUT2D eigenvalue weighted by molar-refractivity contribution is 0.276. The molecular formula is C14H13FO2. The fraction of sp³-hybridized carbons (Fsp3) is 0.143. The molecule has 2 aromatic carbocycles. The van der Waals surface area contributed by atoms with Gasteiger partial charge in [0.05, 0.1) is 13.7 Å². The second-order valence-electron chi connectivity index (χ2n) is 3.70. The Morgan fingerprint density at radius 2 is 1.88 bits per heavy atom. The number of hydrogen-bond donors (Lipinski definition) is 1. The van der Waals surface area contributed by atoms with Crippen molar-refractivity contribution in [2.75, 3.05) is 7.11 Å². The second kappa shape index (κ2) is 4.97. The van der Waals surface area contributed by atoms with E-state index in [1.165, 1.54) is 6.07 Å². The SMILES string of the molecule is COc1cccc(-c2ccc(F)c(CO)c2)c1. The highest BCUT2D eigenvalue weighted by molar-refractivity contribution is 5.65. The van der Waals surface area contributed by atoms with Gasteiger partial charge >= 0.3 is 0 Å². The molecule has 3 heteroatoms. The molecule has 17 heavy (non-hydrogen) atoms. The Kier molecular flexibility index (Phi) is 3.40. The number of halogens is 1. The molecule has 0 radical (unpaired) electrons. The lowest BCUT2D eigenvalue weighted by Crippen LogP contribution is -1.91. The summed E-state index contributed by atoms with van der Waals surface area (Å²) in [6, 6.07) is 12.2. The van der Waals surface area contributed by atoms with Crippen molar-refractivity contribution < 1.29 is 14.2 Å². The number of hydrogen-bond acceptors (Lipinski definition) is 2. The van der Waals surface area contributed by atoms with Crippen LogP contribution in [0.4, 0.5) is 4.39 Å². The molecule has 0 heterocycles. The third kappa shape index (κ3) is 2.45. The Labute approximate surface area is 99.3 Å². The van der Waals surface area contributed by atoms with Crippen LogP contribution in [0.25, 0.3) is 11.1 Å². The maximum absolute atomic E-state index is 13.2. The summed E-state index contributed by atoms with van der Waals surface area (Å²) in [5.41, 5.74) is 2.08. The standard InChI is InChI=1S/C14H13FO2/c1-17-13-4-2-3-10(8-13)11-5-6-14(15)12(7-11)9-16/h2-8,16H,9H2,1H3. The summed E-state index contributed by atoms with van der Waals surface area (Å²) in [7, 11) is 1.60. The smallest absolute Gasteiger partial charge is 0.128 e. The Hall–Kier alpha value is -1.87. The van der Waals surface area contributed by atoms with E-state index in [4.69, 9.17) is 9.84 Å². The van der Waals surface area contributed by atoms with Gasteiger partial charge in [0.2, 0.25) is 0 Å². The van der Waals surface area contributed by atoms with Crippen LogP contribution < -0.4 is 4.74 Å². The van der Waals surface area contributed by atoms with E-state index in [2.05, 4.69) is 0 Å². The third-order valence-corrected chi connectivity index (χ3v) is 2.62. The minimum atomic E-state index is -0.390. The summed E-state index contributed by atoms with van der Waals surface area (Å²) in [6.45, 7) is -0.302. The van der Waals surface area contributed by atoms with E-state index in [1.807, 2.05) is 24.3 Å². The van der Waals surface area contributed by atoms with Crippen LogP contribution in [0.1, 0.15) is 5.56 Å². The van der Waals surface area contributed by atoms with Crippen molar-refractivity contribution in [2.24, 2.45) is 0 Å². The van der Waals surface area contributed by atoms with Crippen LogP contribution in [0.5, 0.6) is 5.75 Å². The summed E-state index contributed by atoms with van der Waals surface area (Å²) < 4.78 is 18.4. The quantitative estimate of drug-likeness (QED) is 0.881. The van der Waals surface area contributed by atoms with E-state index in [0.29, 0.717) is 5.56 Å². The fourth-order valence-electron chi connectivity index (χ4n) is 1.68. The summed E-state index contributed by atoms with van der Waals surface area (Å²) in [4.78, 5) is 0. The molecule has 0 fully saturated rings. The maximum atomic E-state index is 13.2. The average molecular weight is 232 g/mol. The topological polar surface area (TPSA) is 29.5 Å². The van der Waals surface area contributed by atoms with Crippen molar-refractivity contribution in [3.05, 3.63) is 53.8 Å². The first-order valence-corrected chi connectivity index (χ1v) is 5.28. The van der Waals surface area contributed by atoms with Crippen LogP contribution in [0.3, 0.4) is 0 Å². The molecule has 0 atom stereocenters. The highest BCUT2D eigenvalue weighted by atomic mass is 19.1. The molecule has 2 rings (SSSR count). The van der Waals surface area contributed by atoms with Crippen molar-refractivity contribution in [1.82, 2.24) is 0 Å². The van der Waals surface area contributed by atoms with Crippen LogP contribution in [0, 0.1) is 5.82 Å². The van der Waals surface area contributed by atoms with Gasteiger partial charge in [-0.05, 0) is 35.4 Å². The molecule has 0 aliphatic heterocycles. The fourth-order valence-corrected chi connectivity index (χ4v) is 1.68. The normalized spacial score (nSPS) is 10.3. The molecule has 1 N–H and O–H groups in total. The van der Waals surface area contributed by atoms with Gasteiger partial charge in [-0.3, -0.25) is 0 Å². The van der Waals surface area contributed by atoms with E-state index < -0.39 is 0 Å². The lowest BCUT2D eigenvalue weighted by atomic mass is 10.0. The van der Waals surface area contributed by atoms with Gasteiger partial charge in [0, 0.05) is 5.56 Å². The third-order valence-electron chi connectivity index (χ3n) is 2.62. The highest BCUT2D eigenvalue weighted by Crippen LogP contribution is 2.25. The molecule has 0 aliphatic carbocycles. The minimum absolute atomic E-state index is 0.297. The van der Waals surface area contributed by atoms with Gasteiger partial charge in [0.1, 0.15) is 11.6 Å². The molecule has 0 bridgehead atoms. The average Bonchev–Trinajstić information content (AvgIpc) is 2.39. The first-order chi connectivity index (χ1) is 8.24. The molecule has 2 nitrogen and oxygen atoms in total. The second-order valence-corrected chi connectivity index (χ2v) is 3.70. The number of rotatable bonds is 3. The lowest BCUT2D eigenvalue weighted by Gasteiger charge is -2.07. The van der Waals surface area contributed by atoms with E-state index >= 15 is 0 Å². The van der Waals surface area contributed by atoms with Crippen LogP contribution in [0.15, 0.2) is 42.5 Å². The zero-order chi connectivity index (χ0) is 12.3. The zero-order valence-corrected chi connectivity index (χ0v) is 9.48. The largest absolute Gasteiger partial charge is 0.497 e. The molecule has 88 valence electrons. The molecule has 0 amide bonds. The Bertz CT molecular complexity index is 523. The van der Waals surface area contributed by atoms with E-state index in [9.17, 15) is 4.39 Å². The monoisotopic (exact) mass is 232 g/mol. The van der Waals surface area contributed by atoms with Gasteiger partial charge in [-0.2, -0.15) is 0 Å². The number of aliphatic hydroxyl groups is 1.